The second-order valence-electron chi connectivity index (χ2n) is 7.41. The van der Waals surface area contributed by atoms with E-state index in [1.807, 2.05) is 18.4 Å². The maximum Gasteiger partial charge on any atom is 0.294 e. The number of benzene rings is 2. The van der Waals surface area contributed by atoms with E-state index in [1.165, 1.54) is 16.2 Å². The fourth-order valence-corrected chi connectivity index (χ4v) is 5.21. The lowest BCUT2D eigenvalue weighted by Crippen LogP contribution is -2.30. The van der Waals surface area contributed by atoms with Gasteiger partial charge in [0.05, 0.1) is 5.57 Å². The van der Waals surface area contributed by atoms with Crippen molar-refractivity contribution in [3.8, 4) is 0 Å². The molecule has 1 aliphatic heterocycles. The van der Waals surface area contributed by atoms with Gasteiger partial charge >= 0.3 is 0 Å². The number of carbonyl (C=O) groups is 2. The van der Waals surface area contributed by atoms with Crippen molar-refractivity contribution in [2.24, 2.45) is 0 Å². The number of thiophene rings is 1. The molecule has 8 heteroatoms. The van der Waals surface area contributed by atoms with Gasteiger partial charge in [-0.1, -0.05) is 23.2 Å². The Morgan fingerprint density at radius 2 is 1.78 bits per heavy atom. The van der Waals surface area contributed by atoms with Crippen LogP contribution in [0, 0.1) is 6.92 Å². The van der Waals surface area contributed by atoms with E-state index in [0.717, 1.165) is 10.4 Å². The molecule has 1 aliphatic rings. The van der Waals surface area contributed by atoms with Crippen LogP contribution in [0.25, 0.3) is 11.0 Å². The predicted octanol–water partition coefficient (Wildman–Crippen LogP) is 6.89. The van der Waals surface area contributed by atoms with E-state index < -0.39 is 23.5 Å². The molecule has 0 fully saturated rings. The molecule has 0 bridgehead atoms. The molecule has 2 aromatic carbocycles. The van der Waals surface area contributed by atoms with Crippen molar-refractivity contribution in [3.05, 3.63) is 97.6 Å². The molecule has 1 unspecified atom stereocenters. The Labute approximate surface area is 197 Å². The van der Waals surface area contributed by atoms with E-state index in [1.54, 1.807) is 48.5 Å². The maximum absolute atomic E-state index is 13.6. The van der Waals surface area contributed by atoms with Crippen LogP contribution in [0.5, 0.6) is 0 Å². The number of aliphatic hydroxyl groups excluding tert-OH is 1. The molecule has 160 valence electrons. The summed E-state index contributed by atoms with van der Waals surface area (Å²) in [5.41, 5.74) is 1.88. The number of fused-ring (bicyclic) bond motifs is 1. The third kappa shape index (κ3) is 3.32. The summed E-state index contributed by atoms with van der Waals surface area (Å²) in [6, 6.07) is 14.4. The van der Waals surface area contributed by atoms with Gasteiger partial charge in [0.25, 0.3) is 5.91 Å². The molecule has 0 saturated carbocycles. The molecular formula is C24H15Cl2NO4S. The zero-order valence-electron chi connectivity index (χ0n) is 16.6. The fraction of sp³-hybridized carbons (Fsp3) is 0.0833. The molecule has 32 heavy (non-hydrogen) atoms. The number of rotatable bonds is 4. The van der Waals surface area contributed by atoms with Gasteiger partial charge in [-0.3, -0.25) is 14.5 Å². The summed E-state index contributed by atoms with van der Waals surface area (Å²) in [7, 11) is 0. The number of ketones is 1. The highest BCUT2D eigenvalue weighted by Crippen LogP contribution is 2.45. The number of nitrogens with zero attached hydrogens (tertiary/aromatic N) is 1. The summed E-state index contributed by atoms with van der Waals surface area (Å²) in [5.74, 6) is -1.79. The topological polar surface area (TPSA) is 70.7 Å². The third-order valence-corrected chi connectivity index (χ3v) is 6.97. The number of furan rings is 1. The number of aryl methyl sites for hydroxylation is 1. The molecule has 4 aromatic rings. The molecule has 1 N–H and O–H groups in total. The van der Waals surface area contributed by atoms with Gasteiger partial charge in [-0.05, 0) is 72.5 Å². The molecule has 5 rings (SSSR count). The lowest BCUT2D eigenvalue weighted by molar-refractivity contribution is -0.117. The van der Waals surface area contributed by atoms with Crippen LogP contribution in [0.15, 0.2) is 75.7 Å². The third-order valence-electron chi connectivity index (χ3n) is 5.41. The molecular weight excluding hydrogens is 469 g/mol. The van der Waals surface area contributed by atoms with Gasteiger partial charge in [0, 0.05) is 26.0 Å². The number of amides is 1. The van der Waals surface area contributed by atoms with Crippen molar-refractivity contribution in [1.82, 2.24) is 0 Å². The Bertz CT molecular complexity index is 1420. The quantitative estimate of drug-likeness (QED) is 0.320. The van der Waals surface area contributed by atoms with Crippen molar-refractivity contribution in [1.29, 1.82) is 0 Å². The standard InChI is InChI=1S/C24H15Cl2NO4S/c1-12-8-9-32-23(12)20-19(21(28)18-11-13-10-15(26)4-7-17(13)31-18)22(29)24(30)27(20)16-5-2-14(25)3-6-16/h2-11,20,29H,1H3. The summed E-state index contributed by atoms with van der Waals surface area (Å²) in [6.07, 6.45) is 0. The summed E-state index contributed by atoms with van der Waals surface area (Å²) in [5, 5.41) is 14.4. The molecule has 5 nitrogen and oxygen atoms in total. The van der Waals surface area contributed by atoms with E-state index >= 15 is 0 Å². The average molecular weight is 484 g/mol. The van der Waals surface area contributed by atoms with Crippen molar-refractivity contribution in [2.45, 2.75) is 13.0 Å². The van der Waals surface area contributed by atoms with E-state index in [9.17, 15) is 14.7 Å². The predicted molar refractivity (Wildman–Crippen MR) is 126 cm³/mol. The minimum Gasteiger partial charge on any atom is -0.503 e. The Morgan fingerprint density at radius 3 is 2.47 bits per heavy atom. The molecule has 0 spiro atoms. The van der Waals surface area contributed by atoms with Gasteiger partial charge < -0.3 is 9.52 Å². The van der Waals surface area contributed by atoms with E-state index in [2.05, 4.69) is 0 Å². The lowest BCUT2D eigenvalue weighted by atomic mass is 9.98. The van der Waals surface area contributed by atoms with Crippen LogP contribution < -0.4 is 4.90 Å². The van der Waals surface area contributed by atoms with Crippen LogP contribution in [0.4, 0.5) is 5.69 Å². The Hall–Kier alpha value is -3.06. The molecule has 1 amide bonds. The van der Waals surface area contributed by atoms with E-state index in [4.69, 9.17) is 27.6 Å². The first-order chi connectivity index (χ1) is 15.3. The largest absolute Gasteiger partial charge is 0.503 e. The zero-order chi connectivity index (χ0) is 22.6. The number of halogens is 2. The Balaban J connectivity index is 1.66. The van der Waals surface area contributed by atoms with Crippen molar-refractivity contribution < 1.29 is 19.1 Å². The van der Waals surface area contributed by atoms with Crippen LogP contribution in [0.1, 0.15) is 27.0 Å². The smallest absolute Gasteiger partial charge is 0.294 e. The Morgan fingerprint density at radius 1 is 1.06 bits per heavy atom. The van der Waals surface area contributed by atoms with Crippen LogP contribution in [-0.4, -0.2) is 16.8 Å². The molecule has 0 saturated heterocycles. The molecule has 0 radical (unpaired) electrons. The summed E-state index contributed by atoms with van der Waals surface area (Å²) >= 11 is 13.5. The monoisotopic (exact) mass is 483 g/mol. The van der Waals surface area contributed by atoms with Crippen molar-refractivity contribution in [3.63, 3.8) is 0 Å². The van der Waals surface area contributed by atoms with E-state index in [0.29, 0.717) is 26.7 Å². The van der Waals surface area contributed by atoms with E-state index in [-0.39, 0.29) is 11.3 Å². The molecule has 3 heterocycles. The first-order valence-electron chi connectivity index (χ1n) is 9.65. The van der Waals surface area contributed by atoms with Gasteiger partial charge in [0.1, 0.15) is 11.6 Å². The highest BCUT2D eigenvalue weighted by Gasteiger charge is 2.46. The van der Waals surface area contributed by atoms with Crippen LogP contribution in [-0.2, 0) is 4.79 Å². The highest BCUT2D eigenvalue weighted by molar-refractivity contribution is 7.10. The number of hydrogen-bond acceptors (Lipinski definition) is 5. The highest BCUT2D eigenvalue weighted by atomic mass is 35.5. The Kier molecular flexibility index (Phi) is 5.08. The number of aliphatic hydroxyl groups is 1. The second kappa shape index (κ2) is 7.81. The summed E-state index contributed by atoms with van der Waals surface area (Å²) < 4.78 is 5.74. The van der Waals surface area contributed by atoms with Crippen LogP contribution >= 0.6 is 34.5 Å². The molecule has 1 atom stereocenters. The second-order valence-corrected chi connectivity index (χ2v) is 9.23. The van der Waals surface area contributed by atoms with Crippen molar-refractivity contribution in [2.75, 3.05) is 4.90 Å². The van der Waals surface area contributed by atoms with Crippen LogP contribution in [0.2, 0.25) is 10.0 Å². The van der Waals surface area contributed by atoms with Gasteiger partial charge in [-0.25, -0.2) is 0 Å². The normalized spacial score (nSPS) is 16.4. The maximum atomic E-state index is 13.6. The molecule has 0 aliphatic carbocycles. The summed E-state index contributed by atoms with van der Waals surface area (Å²) in [6.45, 7) is 1.90. The van der Waals surface area contributed by atoms with Gasteiger partial charge in [0.15, 0.2) is 11.5 Å². The van der Waals surface area contributed by atoms with Gasteiger partial charge in [-0.2, -0.15) is 0 Å². The lowest BCUT2D eigenvalue weighted by Gasteiger charge is -2.26. The minimum absolute atomic E-state index is 0.0220. The summed E-state index contributed by atoms with van der Waals surface area (Å²) in [4.78, 5) is 28.9. The van der Waals surface area contributed by atoms with Gasteiger partial charge in [-0.15, -0.1) is 11.3 Å². The number of anilines is 1. The fourth-order valence-electron chi connectivity index (χ4n) is 3.88. The minimum atomic E-state index is -0.798. The SMILES string of the molecule is Cc1ccsc1C1C(C(=O)c2cc3cc(Cl)ccc3o2)=C(O)C(=O)N1c1ccc(Cl)cc1. The number of Topliss-reactive ketones (excluding diaryl/α,β-unsaturated/α-hetero) is 1. The first kappa shape index (κ1) is 20.8. The molecule has 2 aromatic heterocycles. The number of hydrogen-bond donors (Lipinski definition) is 1. The zero-order valence-corrected chi connectivity index (χ0v) is 19.0. The van der Waals surface area contributed by atoms with Gasteiger partial charge in [0.2, 0.25) is 5.78 Å². The average Bonchev–Trinajstić information content (AvgIpc) is 3.45. The van der Waals surface area contributed by atoms with Crippen LogP contribution in [0.3, 0.4) is 0 Å². The first-order valence-corrected chi connectivity index (χ1v) is 11.3. The number of carbonyl (C=O) groups excluding carboxylic acids is 2. The van der Waals surface area contributed by atoms with Crippen molar-refractivity contribution >= 4 is 62.9 Å².